The van der Waals surface area contributed by atoms with E-state index in [9.17, 15) is 0 Å². The second-order valence-corrected chi connectivity index (χ2v) is 4.05. The molecule has 0 aliphatic carbocycles. The van der Waals surface area contributed by atoms with Crippen LogP contribution in [0.4, 0.5) is 11.6 Å². The smallest absolute Gasteiger partial charge is 0.182 e. The van der Waals surface area contributed by atoms with Crippen molar-refractivity contribution >= 4 is 11.6 Å². The number of nitrogens with zero attached hydrogens (tertiary/aromatic N) is 3. The maximum atomic E-state index is 8.53. The van der Waals surface area contributed by atoms with E-state index in [0.717, 1.165) is 18.7 Å². The summed E-state index contributed by atoms with van der Waals surface area (Å²) in [5.41, 5.74) is 1.18. The van der Waals surface area contributed by atoms with Crippen molar-refractivity contribution in [3.8, 4) is 11.9 Å². The quantitative estimate of drug-likeness (QED) is 0.616. The average Bonchev–Trinajstić information content (AvgIpc) is 2.48. The van der Waals surface area contributed by atoms with Gasteiger partial charge in [0.1, 0.15) is 23.7 Å². The Kier molecular flexibility index (Phi) is 4.73. The normalized spacial score (nSPS) is 9.60. The Balaban J connectivity index is 1.89. The topological polar surface area (TPSA) is 82.9 Å². The number of methoxy groups -OCH3 is 1. The zero-order chi connectivity index (χ0) is 14.2. The van der Waals surface area contributed by atoms with Gasteiger partial charge in [0.05, 0.1) is 7.11 Å². The summed E-state index contributed by atoms with van der Waals surface area (Å²) >= 11 is 0. The van der Waals surface area contributed by atoms with Crippen LogP contribution in [0.1, 0.15) is 5.56 Å². The van der Waals surface area contributed by atoms with Crippen LogP contribution in [0, 0.1) is 11.5 Å². The van der Waals surface area contributed by atoms with E-state index in [4.69, 9.17) is 10.00 Å². The number of nitriles is 1. The van der Waals surface area contributed by atoms with Crippen LogP contribution in [-0.2, 0) is 6.42 Å². The molecule has 0 saturated carbocycles. The molecular weight excluding hydrogens is 254 g/mol. The Morgan fingerprint density at radius 1 is 1.25 bits per heavy atom. The Hall–Kier alpha value is -2.81. The lowest BCUT2D eigenvalue weighted by atomic mass is 10.1. The molecular formula is C14H15N5O. The first-order chi connectivity index (χ1) is 9.81. The monoisotopic (exact) mass is 269 g/mol. The molecule has 0 amide bonds. The van der Waals surface area contributed by atoms with Crippen molar-refractivity contribution in [2.75, 3.05) is 24.3 Å². The van der Waals surface area contributed by atoms with Gasteiger partial charge >= 0.3 is 0 Å². The van der Waals surface area contributed by atoms with Crippen LogP contribution < -0.4 is 15.4 Å². The number of rotatable bonds is 6. The van der Waals surface area contributed by atoms with Crippen molar-refractivity contribution in [3.05, 3.63) is 42.2 Å². The average molecular weight is 269 g/mol. The SMILES string of the molecule is COc1cccc(CCNc2cc(NC#N)ncn2)c1. The van der Waals surface area contributed by atoms with E-state index in [1.807, 2.05) is 30.5 Å². The number of nitrogens with one attached hydrogen (secondary N) is 2. The fourth-order valence-corrected chi connectivity index (χ4v) is 1.74. The molecule has 0 saturated heterocycles. The highest BCUT2D eigenvalue weighted by Gasteiger charge is 1.99. The van der Waals surface area contributed by atoms with Crippen LogP contribution >= 0.6 is 0 Å². The van der Waals surface area contributed by atoms with Crippen LogP contribution in [0.5, 0.6) is 5.75 Å². The van der Waals surface area contributed by atoms with E-state index in [0.29, 0.717) is 11.6 Å². The first-order valence-electron chi connectivity index (χ1n) is 6.16. The van der Waals surface area contributed by atoms with Gasteiger partial charge in [0.2, 0.25) is 0 Å². The maximum absolute atomic E-state index is 8.53. The third-order valence-corrected chi connectivity index (χ3v) is 2.70. The highest BCUT2D eigenvalue weighted by atomic mass is 16.5. The largest absolute Gasteiger partial charge is 0.497 e. The summed E-state index contributed by atoms with van der Waals surface area (Å²) < 4.78 is 5.18. The van der Waals surface area contributed by atoms with Crippen LogP contribution in [0.15, 0.2) is 36.7 Å². The van der Waals surface area contributed by atoms with Gasteiger partial charge in [-0.15, -0.1) is 0 Å². The van der Waals surface area contributed by atoms with Crippen molar-refractivity contribution in [1.29, 1.82) is 5.26 Å². The van der Waals surface area contributed by atoms with Gasteiger partial charge in [-0.05, 0) is 24.1 Å². The molecule has 2 N–H and O–H groups in total. The van der Waals surface area contributed by atoms with Gasteiger partial charge in [-0.1, -0.05) is 12.1 Å². The molecule has 0 spiro atoms. The lowest BCUT2D eigenvalue weighted by Crippen LogP contribution is -2.07. The van der Waals surface area contributed by atoms with Gasteiger partial charge in [0, 0.05) is 12.6 Å². The summed E-state index contributed by atoms with van der Waals surface area (Å²) in [7, 11) is 1.65. The summed E-state index contributed by atoms with van der Waals surface area (Å²) in [4.78, 5) is 8.01. The number of hydrogen-bond acceptors (Lipinski definition) is 6. The van der Waals surface area contributed by atoms with Crippen LogP contribution in [-0.4, -0.2) is 23.6 Å². The molecule has 0 aliphatic rings. The van der Waals surface area contributed by atoms with E-state index < -0.39 is 0 Å². The highest BCUT2D eigenvalue weighted by Crippen LogP contribution is 2.13. The van der Waals surface area contributed by atoms with Gasteiger partial charge in [-0.2, -0.15) is 5.26 Å². The molecule has 1 aromatic heterocycles. The lowest BCUT2D eigenvalue weighted by molar-refractivity contribution is 0.414. The van der Waals surface area contributed by atoms with E-state index >= 15 is 0 Å². The van der Waals surface area contributed by atoms with Crippen molar-refractivity contribution in [2.45, 2.75) is 6.42 Å². The lowest BCUT2D eigenvalue weighted by Gasteiger charge is -2.07. The maximum Gasteiger partial charge on any atom is 0.182 e. The molecule has 6 nitrogen and oxygen atoms in total. The van der Waals surface area contributed by atoms with Crippen molar-refractivity contribution in [3.63, 3.8) is 0 Å². The van der Waals surface area contributed by atoms with E-state index in [-0.39, 0.29) is 0 Å². The summed E-state index contributed by atoms with van der Waals surface area (Å²) in [6, 6.07) is 9.63. The van der Waals surface area contributed by atoms with Crippen LogP contribution in [0.3, 0.4) is 0 Å². The molecule has 0 radical (unpaired) electrons. The Morgan fingerprint density at radius 2 is 2.10 bits per heavy atom. The second-order valence-electron chi connectivity index (χ2n) is 4.05. The third-order valence-electron chi connectivity index (χ3n) is 2.70. The van der Waals surface area contributed by atoms with Gasteiger partial charge < -0.3 is 10.1 Å². The molecule has 1 heterocycles. The molecule has 0 aliphatic heterocycles. The fourth-order valence-electron chi connectivity index (χ4n) is 1.74. The van der Waals surface area contributed by atoms with E-state index in [2.05, 4.69) is 20.6 Å². The molecule has 0 atom stereocenters. The molecule has 1 aromatic carbocycles. The summed E-state index contributed by atoms with van der Waals surface area (Å²) in [6.45, 7) is 0.732. The Labute approximate surface area is 117 Å². The number of anilines is 2. The zero-order valence-corrected chi connectivity index (χ0v) is 11.1. The van der Waals surface area contributed by atoms with Gasteiger partial charge in [-0.25, -0.2) is 9.97 Å². The predicted octanol–water partition coefficient (Wildman–Crippen LogP) is 2.03. The minimum atomic E-state index is 0.478. The third kappa shape index (κ3) is 3.85. The molecule has 2 rings (SSSR count). The second kappa shape index (κ2) is 6.95. The summed E-state index contributed by atoms with van der Waals surface area (Å²) in [5.74, 6) is 2.01. The minimum Gasteiger partial charge on any atom is -0.497 e. The number of aromatic nitrogens is 2. The van der Waals surface area contributed by atoms with Crippen molar-refractivity contribution in [2.24, 2.45) is 0 Å². The summed E-state index contributed by atoms with van der Waals surface area (Å²) in [6.07, 6.45) is 4.08. The van der Waals surface area contributed by atoms with Crippen LogP contribution in [0.2, 0.25) is 0 Å². The molecule has 0 unspecified atom stereocenters. The summed E-state index contributed by atoms with van der Waals surface area (Å²) in [5, 5.41) is 14.2. The number of ether oxygens (including phenoxy) is 1. The fraction of sp³-hybridized carbons (Fsp3) is 0.214. The molecule has 0 bridgehead atoms. The van der Waals surface area contributed by atoms with E-state index in [1.54, 1.807) is 13.2 Å². The van der Waals surface area contributed by atoms with Crippen LogP contribution in [0.25, 0.3) is 0 Å². The number of benzene rings is 1. The molecule has 102 valence electrons. The zero-order valence-electron chi connectivity index (χ0n) is 11.1. The molecule has 20 heavy (non-hydrogen) atoms. The first kappa shape index (κ1) is 13.6. The first-order valence-corrected chi connectivity index (χ1v) is 6.16. The minimum absolute atomic E-state index is 0.478. The Bertz CT molecular complexity index is 609. The predicted molar refractivity (Wildman–Crippen MR) is 76.5 cm³/mol. The van der Waals surface area contributed by atoms with Gasteiger partial charge in [0.25, 0.3) is 0 Å². The Morgan fingerprint density at radius 3 is 2.90 bits per heavy atom. The number of hydrogen-bond donors (Lipinski definition) is 2. The van der Waals surface area contributed by atoms with Crippen molar-refractivity contribution < 1.29 is 4.74 Å². The molecule has 2 aromatic rings. The van der Waals surface area contributed by atoms with E-state index in [1.165, 1.54) is 11.9 Å². The highest BCUT2D eigenvalue weighted by molar-refractivity contribution is 5.48. The van der Waals surface area contributed by atoms with Gasteiger partial charge in [-0.3, -0.25) is 5.32 Å². The molecule has 6 heteroatoms. The molecule has 0 fully saturated rings. The van der Waals surface area contributed by atoms with Gasteiger partial charge in [0.15, 0.2) is 6.19 Å². The standard InChI is InChI=1S/C14H15N5O/c1-20-12-4-2-3-11(7-12)5-6-16-13-8-14(17-9-15)19-10-18-13/h2-4,7-8,10H,5-6H2,1H3,(H2,16,17,18,19). The van der Waals surface area contributed by atoms with Crippen molar-refractivity contribution in [1.82, 2.24) is 9.97 Å².